The average molecular weight is 266 g/mol. The Morgan fingerprint density at radius 2 is 2.33 bits per heavy atom. The molecule has 1 atom stereocenters. The van der Waals surface area contributed by atoms with E-state index in [1.54, 1.807) is 0 Å². The lowest BCUT2D eigenvalue weighted by molar-refractivity contribution is 0.288. The van der Waals surface area contributed by atoms with E-state index in [0.717, 1.165) is 10.5 Å². The fourth-order valence-electron chi connectivity index (χ4n) is 2.17. The number of pyridine rings is 1. The molecule has 0 radical (unpaired) electrons. The quantitative estimate of drug-likeness (QED) is 0.587. The molecule has 1 aromatic rings. The molecular weight excluding hydrogens is 250 g/mol. The van der Waals surface area contributed by atoms with Crippen molar-refractivity contribution in [1.29, 1.82) is 0 Å². The summed E-state index contributed by atoms with van der Waals surface area (Å²) >= 11 is 3.44. The highest BCUT2D eigenvalue weighted by Crippen LogP contribution is 2.40. The van der Waals surface area contributed by atoms with Gasteiger partial charge in [-0.25, -0.2) is 4.98 Å². The molecular formula is C13H16BrN. The molecule has 1 heterocycles. The van der Waals surface area contributed by atoms with Crippen LogP contribution in [0, 0.1) is 5.92 Å². The van der Waals surface area contributed by atoms with Crippen molar-refractivity contribution >= 4 is 15.9 Å². The summed E-state index contributed by atoms with van der Waals surface area (Å²) in [7, 11) is 0. The highest BCUT2D eigenvalue weighted by molar-refractivity contribution is 9.10. The zero-order valence-corrected chi connectivity index (χ0v) is 10.6. The zero-order valence-electron chi connectivity index (χ0n) is 8.99. The number of rotatable bonds is 3. The molecule has 1 aromatic heterocycles. The Balaban J connectivity index is 2.23. The van der Waals surface area contributed by atoms with Crippen LogP contribution < -0.4 is 0 Å². The first kappa shape index (κ1) is 10.9. The largest absolute Gasteiger partial charge is 0.249 e. The van der Waals surface area contributed by atoms with Crippen LogP contribution in [0.2, 0.25) is 0 Å². The summed E-state index contributed by atoms with van der Waals surface area (Å²) in [5.74, 6) is 1.43. The molecule has 0 saturated heterocycles. The number of nitrogens with zero attached hydrogens (tertiary/aromatic N) is 1. The van der Waals surface area contributed by atoms with Crippen molar-refractivity contribution in [1.82, 2.24) is 4.98 Å². The van der Waals surface area contributed by atoms with Gasteiger partial charge in [-0.2, -0.15) is 0 Å². The standard InChI is InChI=1S/C13H16BrN/c1-2-4-12(10-5-3-6-10)11-7-8-15-13(14)9-11/h2,4,7-10,12H,3,5-6H2,1H3/b4-2-. The normalized spacial score (nSPS) is 19.1. The summed E-state index contributed by atoms with van der Waals surface area (Å²) in [6.45, 7) is 2.10. The second-order valence-corrected chi connectivity index (χ2v) is 4.97. The Kier molecular flexibility index (Phi) is 3.57. The van der Waals surface area contributed by atoms with Gasteiger partial charge in [-0.05, 0) is 59.3 Å². The molecule has 1 saturated carbocycles. The molecule has 80 valence electrons. The van der Waals surface area contributed by atoms with Crippen LogP contribution in [0.3, 0.4) is 0 Å². The molecule has 0 aromatic carbocycles. The molecule has 1 unspecified atom stereocenters. The third kappa shape index (κ3) is 2.49. The molecule has 2 heteroatoms. The molecule has 1 fully saturated rings. The van der Waals surface area contributed by atoms with Gasteiger partial charge in [0.05, 0.1) is 0 Å². The van der Waals surface area contributed by atoms with Crippen LogP contribution >= 0.6 is 15.9 Å². The van der Waals surface area contributed by atoms with Crippen LogP contribution in [0.4, 0.5) is 0 Å². The van der Waals surface area contributed by atoms with Crippen molar-refractivity contribution in [3.63, 3.8) is 0 Å². The molecule has 1 nitrogen and oxygen atoms in total. The predicted octanol–water partition coefficient (Wildman–Crippen LogP) is 4.30. The zero-order chi connectivity index (χ0) is 10.7. The molecule has 0 N–H and O–H groups in total. The second kappa shape index (κ2) is 4.93. The monoisotopic (exact) mass is 265 g/mol. The molecule has 2 rings (SSSR count). The lowest BCUT2D eigenvalue weighted by atomic mass is 9.73. The number of halogens is 1. The topological polar surface area (TPSA) is 12.9 Å². The van der Waals surface area contributed by atoms with Crippen molar-refractivity contribution in [3.8, 4) is 0 Å². The number of hydrogen-bond acceptors (Lipinski definition) is 1. The van der Waals surface area contributed by atoms with Crippen molar-refractivity contribution in [2.24, 2.45) is 5.92 Å². The third-order valence-electron chi connectivity index (χ3n) is 3.19. The average Bonchev–Trinajstić information content (AvgIpc) is 2.14. The van der Waals surface area contributed by atoms with E-state index in [-0.39, 0.29) is 0 Å². The van der Waals surface area contributed by atoms with E-state index in [1.807, 2.05) is 6.20 Å². The second-order valence-electron chi connectivity index (χ2n) is 4.15. The summed E-state index contributed by atoms with van der Waals surface area (Å²) in [6, 6.07) is 4.27. The fraction of sp³-hybridized carbons (Fsp3) is 0.462. The molecule has 1 aliphatic carbocycles. The van der Waals surface area contributed by atoms with Crippen LogP contribution in [0.15, 0.2) is 35.1 Å². The SMILES string of the molecule is C/C=C\C(c1ccnc(Br)c1)C1CCC1. The van der Waals surface area contributed by atoms with Gasteiger partial charge < -0.3 is 0 Å². The maximum absolute atomic E-state index is 4.18. The number of aromatic nitrogens is 1. The Morgan fingerprint density at radius 1 is 1.53 bits per heavy atom. The molecule has 1 aliphatic rings. The highest BCUT2D eigenvalue weighted by Gasteiger charge is 2.26. The summed E-state index contributed by atoms with van der Waals surface area (Å²) in [5.41, 5.74) is 1.39. The Bertz CT molecular complexity index is 355. The van der Waals surface area contributed by atoms with Crippen LogP contribution in [0.25, 0.3) is 0 Å². The van der Waals surface area contributed by atoms with E-state index >= 15 is 0 Å². The molecule has 0 bridgehead atoms. The minimum Gasteiger partial charge on any atom is -0.249 e. The van der Waals surface area contributed by atoms with Gasteiger partial charge in [0.15, 0.2) is 0 Å². The van der Waals surface area contributed by atoms with E-state index < -0.39 is 0 Å². The highest BCUT2D eigenvalue weighted by atomic mass is 79.9. The van der Waals surface area contributed by atoms with Crippen LogP contribution in [0.1, 0.15) is 37.7 Å². The van der Waals surface area contributed by atoms with Crippen molar-refractivity contribution in [2.45, 2.75) is 32.1 Å². The van der Waals surface area contributed by atoms with Gasteiger partial charge in [-0.1, -0.05) is 18.6 Å². The Hall–Kier alpha value is -0.630. The Morgan fingerprint density at radius 3 is 2.87 bits per heavy atom. The van der Waals surface area contributed by atoms with E-state index in [0.29, 0.717) is 5.92 Å². The van der Waals surface area contributed by atoms with Crippen LogP contribution in [0.5, 0.6) is 0 Å². The summed E-state index contributed by atoms with van der Waals surface area (Å²) in [4.78, 5) is 4.18. The Labute approximate surface area is 99.7 Å². The molecule has 0 spiro atoms. The predicted molar refractivity (Wildman–Crippen MR) is 66.8 cm³/mol. The van der Waals surface area contributed by atoms with Gasteiger partial charge in [-0.3, -0.25) is 0 Å². The lowest BCUT2D eigenvalue weighted by Crippen LogP contribution is -2.19. The van der Waals surface area contributed by atoms with E-state index in [1.165, 1.54) is 24.8 Å². The molecule has 15 heavy (non-hydrogen) atoms. The van der Waals surface area contributed by atoms with Gasteiger partial charge in [0.2, 0.25) is 0 Å². The minimum absolute atomic E-state index is 0.586. The van der Waals surface area contributed by atoms with Crippen LogP contribution in [-0.2, 0) is 0 Å². The van der Waals surface area contributed by atoms with E-state index in [9.17, 15) is 0 Å². The maximum atomic E-state index is 4.18. The number of allylic oxidation sites excluding steroid dienone is 2. The summed E-state index contributed by atoms with van der Waals surface area (Å²) < 4.78 is 0.939. The first-order valence-corrected chi connectivity index (χ1v) is 6.35. The minimum atomic E-state index is 0.586. The van der Waals surface area contributed by atoms with Crippen molar-refractivity contribution in [2.75, 3.05) is 0 Å². The molecule has 0 amide bonds. The summed E-state index contributed by atoms with van der Waals surface area (Å²) in [5, 5.41) is 0. The smallest absolute Gasteiger partial charge is 0.106 e. The van der Waals surface area contributed by atoms with Crippen LogP contribution in [-0.4, -0.2) is 4.98 Å². The first-order valence-electron chi connectivity index (χ1n) is 5.55. The maximum Gasteiger partial charge on any atom is 0.106 e. The van der Waals surface area contributed by atoms with Gasteiger partial charge in [0, 0.05) is 12.1 Å². The molecule has 0 aliphatic heterocycles. The first-order chi connectivity index (χ1) is 7.31. The van der Waals surface area contributed by atoms with Gasteiger partial charge in [0.25, 0.3) is 0 Å². The van der Waals surface area contributed by atoms with E-state index in [4.69, 9.17) is 0 Å². The van der Waals surface area contributed by atoms with E-state index in [2.05, 4.69) is 52.1 Å². The van der Waals surface area contributed by atoms with Gasteiger partial charge in [0.1, 0.15) is 4.60 Å². The fourth-order valence-corrected chi connectivity index (χ4v) is 2.55. The lowest BCUT2D eigenvalue weighted by Gasteiger charge is -2.32. The third-order valence-corrected chi connectivity index (χ3v) is 3.63. The van der Waals surface area contributed by atoms with Crippen molar-refractivity contribution < 1.29 is 0 Å². The van der Waals surface area contributed by atoms with Gasteiger partial charge in [-0.15, -0.1) is 0 Å². The summed E-state index contributed by atoms with van der Waals surface area (Å²) in [6.07, 6.45) is 10.5. The van der Waals surface area contributed by atoms with Crippen molar-refractivity contribution in [3.05, 3.63) is 40.6 Å². The number of hydrogen-bond donors (Lipinski definition) is 0. The van der Waals surface area contributed by atoms with Gasteiger partial charge >= 0.3 is 0 Å².